The molecule has 0 unspecified atom stereocenters. The van der Waals surface area contributed by atoms with Crippen molar-refractivity contribution >= 4 is 5.91 Å². The highest BCUT2D eigenvalue weighted by Crippen LogP contribution is 2.15. The zero-order chi connectivity index (χ0) is 12.3. The molecule has 0 radical (unpaired) electrons. The van der Waals surface area contributed by atoms with Crippen LogP contribution < -0.4 is 10.9 Å². The van der Waals surface area contributed by atoms with Crippen molar-refractivity contribution in [1.29, 1.82) is 0 Å². The lowest BCUT2D eigenvalue weighted by Crippen LogP contribution is -2.42. The molecule has 1 aliphatic rings. The summed E-state index contributed by atoms with van der Waals surface area (Å²) in [7, 11) is 0. The molecule has 1 fully saturated rings. The highest BCUT2D eigenvalue weighted by atomic mass is 16.5. The van der Waals surface area contributed by atoms with Crippen LogP contribution in [-0.4, -0.2) is 29.6 Å². The zero-order valence-electron chi connectivity index (χ0n) is 9.73. The van der Waals surface area contributed by atoms with Gasteiger partial charge in [0.15, 0.2) is 0 Å². The predicted octanol–water partition coefficient (Wildman–Crippen LogP) is 0.672. The van der Waals surface area contributed by atoms with E-state index in [2.05, 4.69) is 10.3 Å². The van der Waals surface area contributed by atoms with Crippen molar-refractivity contribution in [2.24, 2.45) is 0 Å². The minimum absolute atomic E-state index is 0.0572. The molecule has 0 spiro atoms. The molecule has 0 bridgehead atoms. The Morgan fingerprint density at radius 3 is 3.12 bits per heavy atom. The van der Waals surface area contributed by atoms with Crippen molar-refractivity contribution in [3.8, 4) is 0 Å². The Labute approximate surface area is 99.2 Å². The van der Waals surface area contributed by atoms with Gasteiger partial charge in [-0.05, 0) is 31.9 Å². The first-order chi connectivity index (χ1) is 8.18. The average molecular weight is 236 g/mol. The van der Waals surface area contributed by atoms with Gasteiger partial charge in [0.25, 0.3) is 11.5 Å². The fourth-order valence-electron chi connectivity index (χ4n) is 1.97. The molecule has 5 heteroatoms. The standard InChI is InChI=1S/C12H16N2O3/c1-8(10-5-3-7-17-10)14-12(16)9-4-2-6-13-11(9)15/h2,4,6,8,10H,3,5,7H2,1H3,(H,13,15)(H,14,16)/t8-,10+/m1/s1. The van der Waals surface area contributed by atoms with Crippen molar-refractivity contribution in [1.82, 2.24) is 10.3 Å². The van der Waals surface area contributed by atoms with Gasteiger partial charge in [0, 0.05) is 12.8 Å². The molecule has 1 amide bonds. The number of hydrogen-bond donors (Lipinski definition) is 2. The first-order valence-electron chi connectivity index (χ1n) is 5.78. The molecular formula is C12H16N2O3. The first kappa shape index (κ1) is 11.9. The number of H-pyrrole nitrogens is 1. The van der Waals surface area contributed by atoms with Crippen LogP contribution in [0.5, 0.6) is 0 Å². The molecule has 1 aromatic heterocycles. The van der Waals surface area contributed by atoms with Crippen LogP contribution in [0.3, 0.4) is 0 Å². The second kappa shape index (κ2) is 5.14. The fourth-order valence-corrected chi connectivity index (χ4v) is 1.97. The quantitative estimate of drug-likeness (QED) is 0.810. The van der Waals surface area contributed by atoms with E-state index in [1.165, 1.54) is 12.3 Å². The minimum atomic E-state index is -0.371. The number of amides is 1. The van der Waals surface area contributed by atoms with Gasteiger partial charge in [0.2, 0.25) is 0 Å². The van der Waals surface area contributed by atoms with Crippen LogP contribution >= 0.6 is 0 Å². The summed E-state index contributed by atoms with van der Waals surface area (Å²) in [4.78, 5) is 25.7. The third-order valence-corrected chi connectivity index (χ3v) is 2.94. The van der Waals surface area contributed by atoms with E-state index in [9.17, 15) is 9.59 Å². The molecule has 0 saturated carbocycles. The molecule has 0 aromatic carbocycles. The Kier molecular flexibility index (Phi) is 3.58. The van der Waals surface area contributed by atoms with E-state index < -0.39 is 0 Å². The van der Waals surface area contributed by atoms with Gasteiger partial charge in [-0.1, -0.05) is 0 Å². The lowest BCUT2D eigenvalue weighted by atomic mass is 10.1. The summed E-state index contributed by atoms with van der Waals surface area (Å²) >= 11 is 0. The number of rotatable bonds is 3. The van der Waals surface area contributed by atoms with Gasteiger partial charge in [0.1, 0.15) is 5.56 Å². The van der Waals surface area contributed by atoms with E-state index in [-0.39, 0.29) is 29.2 Å². The lowest BCUT2D eigenvalue weighted by molar-refractivity contribution is 0.0711. The molecule has 1 aliphatic heterocycles. The minimum Gasteiger partial charge on any atom is -0.376 e. The van der Waals surface area contributed by atoms with Gasteiger partial charge >= 0.3 is 0 Å². The molecule has 2 rings (SSSR count). The molecular weight excluding hydrogens is 220 g/mol. The Bertz CT molecular complexity index is 449. The van der Waals surface area contributed by atoms with Gasteiger partial charge < -0.3 is 15.0 Å². The van der Waals surface area contributed by atoms with Gasteiger partial charge in [-0.15, -0.1) is 0 Å². The molecule has 5 nitrogen and oxygen atoms in total. The van der Waals surface area contributed by atoms with Gasteiger partial charge in [-0.2, -0.15) is 0 Å². The fraction of sp³-hybridized carbons (Fsp3) is 0.500. The molecule has 1 saturated heterocycles. The molecule has 0 aliphatic carbocycles. The smallest absolute Gasteiger partial charge is 0.260 e. The van der Waals surface area contributed by atoms with E-state index in [1.807, 2.05) is 6.92 Å². The summed E-state index contributed by atoms with van der Waals surface area (Å²) in [6.07, 6.45) is 3.54. The Morgan fingerprint density at radius 2 is 2.47 bits per heavy atom. The number of carbonyl (C=O) groups is 1. The van der Waals surface area contributed by atoms with Gasteiger partial charge in [-0.3, -0.25) is 9.59 Å². The van der Waals surface area contributed by atoms with Crippen LogP contribution in [0.25, 0.3) is 0 Å². The van der Waals surface area contributed by atoms with E-state index in [0.29, 0.717) is 0 Å². The van der Waals surface area contributed by atoms with E-state index in [0.717, 1.165) is 19.4 Å². The van der Waals surface area contributed by atoms with Crippen LogP contribution in [0.15, 0.2) is 23.1 Å². The third-order valence-electron chi connectivity index (χ3n) is 2.94. The number of pyridine rings is 1. The Hall–Kier alpha value is -1.62. The maximum Gasteiger partial charge on any atom is 0.260 e. The third kappa shape index (κ3) is 2.74. The van der Waals surface area contributed by atoms with Gasteiger partial charge in [-0.25, -0.2) is 0 Å². The summed E-state index contributed by atoms with van der Waals surface area (Å²) in [5.41, 5.74) is -0.234. The van der Waals surface area contributed by atoms with Crippen LogP contribution in [0.1, 0.15) is 30.1 Å². The number of carbonyl (C=O) groups excluding carboxylic acids is 1. The summed E-state index contributed by atoms with van der Waals surface area (Å²) in [5, 5.41) is 2.80. The van der Waals surface area contributed by atoms with Gasteiger partial charge in [0.05, 0.1) is 12.1 Å². The van der Waals surface area contributed by atoms with Crippen LogP contribution in [0.4, 0.5) is 0 Å². The molecule has 2 atom stereocenters. The first-order valence-corrected chi connectivity index (χ1v) is 5.78. The summed E-state index contributed by atoms with van der Waals surface area (Å²) in [5.74, 6) is -0.352. The number of aromatic amines is 1. The molecule has 2 N–H and O–H groups in total. The van der Waals surface area contributed by atoms with Crippen molar-refractivity contribution in [2.45, 2.75) is 31.9 Å². The number of ether oxygens (including phenoxy) is 1. The monoisotopic (exact) mass is 236 g/mol. The molecule has 2 heterocycles. The zero-order valence-corrected chi connectivity index (χ0v) is 9.73. The highest BCUT2D eigenvalue weighted by molar-refractivity contribution is 5.93. The summed E-state index contributed by atoms with van der Waals surface area (Å²) < 4.78 is 5.48. The molecule has 1 aromatic rings. The van der Waals surface area contributed by atoms with Crippen LogP contribution in [0, 0.1) is 0 Å². The number of nitrogens with one attached hydrogen (secondary N) is 2. The van der Waals surface area contributed by atoms with Crippen molar-refractivity contribution in [3.05, 3.63) is 34.2 Å². The van der Waals surface area contributed by atoms with Crippen molar-refractivity contribution < 1.29 is 9.53 Å². The summed E-state index contributed by atoms with van der Waals surface area (Å²) in [6, 6.07) is 3.06. The normalized spacial score (nSPS) is 21.1. The topological polar surface area (TPSA) is 71.2 Å². The number of aromatic nitrogens is 1. The van der Waals surface area contributed by atoms with Crippen molar-refractivity contribution in [3.63, 3.8) is 0 Å². The Morgan fingerprint density at radius 1 is 1.65 bits per heavy atom. The average Bonchev–Trinajstić information content (AvgIpc) is 2.82. The van der Waals surface area contributed by atoms with Crippen LogP contribution in [0.2, 0.25) is 0 Å². The van der Waals surface area contributed by atoms with Crippen LogP contribution in [-0.2, 0) is 4.74 Å². The molecule has 17 heavy (non-hydrogen) atoms. The van der Waals surface area contributed by atoms with E-state index in [1.54, 1.807) is 6.07 Å². The maximum absolute atomic E-state index is 11.8. The predicted molar refractivity (Wildman–Crippen MR) is 63.0 cm³/mol. The second-order valence-corrected chi connectivity index (χ2v) is 4.23. The Balaban J connectivity index is 2.01. The van der Waals surface area contributed by atoms with Crippen molar-refractivity contribution in [2.75, 3.05) is 6.61 Å². The molecule has 92 valence electrons. The van der Waals surface area contributed by atoms with E-state index >= 15 is 0 Å². The maximum atomic E-state index is 11.8. The number of hydrogen-bond acceptors (Lipinski definition) is 3. The SMILES string of the molecule is C[C@@H](NC(=O)c1ccc[nH]c1=O)[C@@H]1CCCO1. The van der Waals surface area contributed by atoms with E-state index in [4.69, 9.17) is 4.74 Å². The largest absolute Gasteiger partial charge is 0.376 e. The highest BCUT2D eigenvalue weighted by Gasteiger charge is 2.24. The second-order valence-electron chi connectivity index (χ2n) is 4.23. The lowest BCUT2D eigenvalue weighted by Gasteiger charge is -2.19. The summed E-state index contributed by atoms with van der Waals surface area (Å²) in [6.45, 7) is 2.64.